The van der Waals surface area contributed by atoms with E-state index < -0.39 is 5.95 Å². The van der Waals surface area contributed by atoms with Gasteiger partial charge in [0.15, 0.2) is 0 Å². The van der Waals surface area contributed by atoms with Gasteiger partial charge in [0.1, 0.15) is 5.82 Å². The maximum Gasteiger partial charge on any atom is 0.230 e. The molecule has 0 saturated carbocycles. The summed E-state index contributed by atoms with van der Waals surface area (Å²) >= 11 is 0. The Morgan fingerprint density at radius 2 is 1.91 bits per heavy atom. The Hall–Kier alpha value is -3.35. The summed E-state index contributed by atoms with van der Waals surface area (Å²) in [6, 6.07) is 10.5. The molecule has 0 fully saturated rings. The Balaban J connectivity index is 1.56. The van der Waals surface area contributed by atoms with Gasteiger partial charge in [0.05, 0.1) is 24.0 Å². The van der Waals surface area contributed by atoms with Crippen molar-refractivity contribution in [1.29, 1.82) is 0 Å². The van der Waals surface area contributed by atoms with Crippen LogP contribution >= 0.6 is 0 Å². The van der Waals surface area contributed by atoms with Crippen molar-refractivity contribution in [2.24, 2.45) is 5.92 Å². The largest absolute Gasteiger partial charge is 0.370 e. The van der Waals surface area contributed by atoms with E-state index in [9.17, 15) is 9.18 Å². The number of nitrogens with zero attached hydrogens (tertiary/aromatic N) is 4. The quantitative estimate of drug-likeness (QED) is 0.391. The molecule has 0 aromatic carbocycles. The van der Waals surface area contributed by atoms with Crippen molar-refractivity contribution >= 4 is 17.4 Å². The van der Waals surface area contributed by atoms with Gasteiger partial charge in [-0.2, -0.15) is 4.39 Å². The minimum atomic E-state index is -0.551. The molecule has 3 rings (SSSR count). The van der Waals surface area contributed by atoms with Gasteiger partial charge in [-0.15, -0.1) is 0 Å². The van der Waals surface area contributed by atoms with Gasteiger partial charge < -0.3 is 10.2 Å². The molecule has 3 aromatic rings. The van der Waals surface area contributed by atoms with Gasteiger partial charge in [0, 0.05) is 37.1 Å². The van der Waals surface area contributed by atoms with E-state index in [0.29, 0.717) is 23.0 Å². The van der Waals surface area contributed by atoms with E-state index in [1.165, 1.54) is 18.7 Å². The second kappa shape index (κ2) is 12.0. The van der Waals surface area contributed by atoms with Crippen LogP contribution in [0, 0.1) is 11.9 Å². The van der Waals surface area contributed by atoms with Crippen LogP contribution in [0.4, 0.5) is 15.9 Å². The number of halogens is 1. The highest BCUT2D eigenvalue weighted by Crippen LogP contribution is 2.19. The van der Waals surface area contributed by atoms with E-state index in [1.54, 1.807) is 18.3 Å². The number of carbonyl (C=O) groups is 1. The second-order valence-electron chi connectivity index (χ2n) is 8.33. The number of carbonyl (C=O) groups excluding carboxylic acids is 1. The number of pyridine rings is 3. The number of aromatic nitrogens is 3. The topological polar surface area (TPSA) is 71.0 Å². The molecule has 1 amide bonds. The van der Waals surface area contributed by atoms with E-state index in [2.05, 4.69) is 45.9 Å². The highest BCUT2D eigenvalue weighted by molar-refractivity contribution is 5.91. The summed E-state index contributed by atoms with van der Waals surface area (Å²) in [4.78, 5) is 27.2. The number of rotatable bonds is 11. The summed E-state index contributed by atoms with van der Waals surface area (Å²) < 4.78 is 13.3. The molecule has 1 N–H and O–H groups in total. The van der Waals surface area contributed by atoms with Gasteiger partial charge in [-0.25, -0.2) is 9.97 Å². The number of hydrogen-bond acceptors (Lipinski definition) is 5. The molecule has 33 heavy (non-hydrogen) atoms. The van der Waals surface area contributed by atoms with Crippen molar-refractivity contribution in [1.82, 2.24) is 15.0 Å². The van der Waals surface area contributed by atoms with E-state index in [0.717, 1.165) is 37.2 Å². The normalized spacial score (nSPS) is 11.8. The summed E-state index contributed by atoms with van der Waals surface area (Å²) in [6.45, 7) is 8.67. The number of anilines is 2. The lowest BCUT2D eigenvalue weighted by atomic mass is 10.0. The summed E-state index contributed by atoms with van der Waals surface area (Å²) in [5, 5.41) is 2.85. The molecule has 3 aromatic heterocycles. The van der Waals surface area contributed by atoms with Crippen LogP contribution in [0.15, 0.2) is 55.0 Å². The number of amides is 1. The van der Waals surface area contributed by atoms with Crippen LogP contribution in [0.2, 0.25) is 0 Å². The van der Waals surface area contributed by atoms with E-state index >= 15 is 0 Å². The van der Waals surface area contributed by atoms with Crippen LogP contribution in [0.5, 0.6) is 0 Å². The molecule has 0 spiro atoms. The molecule has 0 aliphatic carbocycles. The summed E-state index contributed by atoms with van der Waals surface area (Å²) in [5.74, 6) is 0.510. The molecule has 3 heterocycles. The van der Waals surface area contributed by atoms with Gasteiger partial charge in [-0.05, 0) is 48.6 Å². The van der Waals surface area contributed by atoms with Crippen LogP contribution in [-0.2, 0) is 11.2 Å². The van der Waals surface area contributed by atoms with Crippen LogP contribution < -0.4 is 10.2 Å². The first-order valence-electron chi connectivity index (χ1n) is 11.6. The number of nitrogens with one attached hydrogen (secondary N) is 1. The van der Waals surface area contributed by atoms with Crippen molar-refractivity contribution in [2.75, 3.05) is 23.3 Å². The smallest absolute Gasteiger partial charge is 0.230 e. The van der Waals surface area contributed by atoms with Crippen molar-refractivity contribution in [3.05, 3.63) is 66.5 Å². The average Bonchev–Trinajstić information content (AvgIpc) is 2.82. The zero-order valence-corrected chi connectivity index (χ0v) is 19.6. The molecule has 1 atom stereocenters. The Labute approximate surface area is 195 Å². The molecule has 7 heteroatoms. The predicted molar refractivity (Wildman–Crippen MR) is 131 cm³/mol. The van der Waals surface area contributed by atoms with Crippen LogP contribution in [-0.4, -0.2) is 33.9 Å². The van der Waals surface area contributed by atoms with Gasteiger partial charge in [0.25, 0.3) is 0 Å². The molecular formula is C26H32FN5O. The van der Waals surface area contributed by atoms with E-state index in [4.69, 9.17) is 0 Å². The van der Waals surface area contributed by atoms with Gasteiger partial charge in [-0.3, -0.25) is 9.78 Å². The average molecular weight is 450 g/mol. The number of hydrogen-bond donors (Lipinski definition) is 1. The highest BCUT2D eigenvalue weighted by Gasteiger charge is 2.10. The first kappa shape index (κ1) is 24.3. The molecular weight excluding hydrogens is 417 g/mol. The lowest BCUT2D eigenvalue weighted by Crippen LogP contribution is -2.26. The lowest BCUT2D eigenvalue weighted by Gasteiger charge is -2.25. The first-order valence-corrected chi connectivity index (χ1v) is 11.6. The molecule has 0 aliphatic rings. The Morgan fingerprint density at radius 1 is 1.06 bits per heavy atom. The standard InChI is InChI=1S/C26H32FN5O/c1-4-13-32(14-11-19(3)5-2)22-7-9-25(30-18-22)31-26(33)15-20-6-8-23(29-17-20)21-10-12-28-24(27)16-21/h6-10,12,16-19H,4-5,11,13-15H2,1-3H3,(H,30,31,33). The second-order valence-corrected chi connectivity index (χ2v) is 8.33. The van der Waals surface area contributed by atoms with E-state index in [-0.39, 0.29) is 12.3 Å². The molecule has 6 nitrogen and oxygen atoms in total. The summed E-state index contributed by atoms with van der Waals surface area (Å²) in [5.41, 5.74) is 3.11. The first-order chi connectivity index (χ1) is 16.0. The van der Waals surface area contributed by atoms with Crippen molar-refractivity contribution in [2.45, 2.75) is 46.5 Å². The molecule has 1 unspecified atom stereocenters. The Kier molecular flexibility index (Phi) is 8.87. The fraction of sp³-hybridized carbons (Fsp3) is 0.385. The molecule has 0 radical (unpaired) electrons. The highest BCUT2D eigenvalue weighted by atomic mass is 19.1. The third kappa shape index (κ3) is 7.34. The minimum absolute atomic E-state index is 0.165. The zero-order chi connectivity index (χ0) is 23.6. The summed E-state index contributed by atoms with van der Waals surface area (Å²) in [6.07, 6.45) is 8.44. The van der Waals surface area contributed by atoms with E-state index in [1.807, 2.05) is 24.4 Å². The predicted octanol–water partition coefficient (Wildman–Crippen LogP) is 5.51. The molecule has 0 bridgehead atoms. The maximum atomic E-state index is 13.3. The van der Waals surface area contributed by atoms with Crippen molar-refractivity contribution < 1.29 is 9.18 Å². The molecule has 0 aliphatic heterocycles. The van der Waals surface area contributed by atoms with Crippen LogP contribution in [0.1, 0.15) is 45.6 Å². The monoisotopic (exact) mass is 449 g/mol. The molecule has 0 saturated heterocycles. The molecule has 174 valence electrons. The summed E-state index contributed by atoms with van der Waals surface area (Å²) in [7, 11) is 0. The Morgan fingerprint density at radius 3 is 2.55 bits per heavy atom. The lowest BCUT2D eigenvalue weighted by molar-refractivity contribution is -0.115. The van der Waals surface area contributed by atoms with Crippen molar-refractivity contribution in [3.8, 4) is 11.3 Å². The fourth-order valence-electron chi connectivity index (χ4n) is 3.50. The SMILES string of the molecule is CCCN(CCC(C)CC)c1ccc(NC(=O)Cc2ccc(-c3ccnc(F)c3)nc2)nc1. The van der Waals surface area contributed by atoms with Gasteiger partial charge >= 0.3 is 0 Å². The Bertz CT molecular complexity index is 1020. The third-order valence-electron chi connectivity index (χ3n) is 5.67. The van der Waals surface area contributed by atoms with Gasteiger partial charge in [0.2, 0.25) is 11.9 Å². The zero-order valence-electron chi connectivity index (χ0n) is 19.6. The minimum Gasteiger partial charge on any atom is -0.370 e. The third-order valence-corrected chi connectivity index (χ3v) is 5.67. The van der Waals surface area contributed by atoms with Crippen molar-refractivity contribution in [3.63, 3.8) is 0 Å². The van der Waals surface area contributed by atoms with Gasteiger partial charge in [-0.1, -0.05) is 33.3 Å². The maximum absolute atomic E-state index is 13.3. The van der Waals surface area contributed by atoms with Crippen LogP contribution in [0.3, 0.4) is 0 Å². The fourth-order valence-corrected chi connectivity index (χ4v) is 3.50. The van der Waals surface area contributed by atoms with Crippen LogP contribution in [0.25, 0.3) is 11.3 Å².